The maximum Gasteiger partial charge on any atom is 0.124 e. The van der Waals surface area contributed by atoms with Crippen molar-refractivity contribution >= 4 is 16.8 Å². The number of nitrogens with zero attached hydrogens (tertiary/aromatic N) is 1. The summed E-state index contributed by atoms with van der Waals surface area (Å²) in [6, 6.07) is 38.5. The molecule has 0 aliphatic heterocycles. The van der Waals surface area contributed by atoms with Crippen molar-refractivity contribution in [1.29, 1.82) is 0 Å². The summed E-state index contributed by atoms with van der Waals surface area (Å²) in [7, 11) is 0. The molecule has 0 atom stereocenters. The zero-order chi connectivity index (χ0) is 48.7. The first-order valence-corrected chi connectivity index (χ1v) is 27.6. The minimum absolute atomic E-state index is 0.431. The molecule has 4 aromatic carbocycles. The van der Waals surface area contributed by atoms with E-state index in [4.69, 9.17) is 4.74 Å². The van der Waals surface area contributed by atoms with Crippen LogP contribution < -0.4 is 20.3 Å². The van der Waals surface area contributed by atoms with Crippen molar-refractivity contribution in [3.05, 3.63) is 191 Å². The molecule has 0 heterocycles. The number of benzene rings is 4. The molecule has 0 fully saturated rings. The monoisotopic (exact) mass is 930 g/mol. The van der Waals surface area contributed by atoms with Gasteiger partial charge < -0.3 is 20.3 Å². The SMILES string of the molecule is CCCCCCCCCCN(CC)c1ccc(C(=C2C=CC([NH2+]CC)C=C2)c2ccccc2)cc1.CCCCCCCCCCOc1ccc(C(=C2C=CC([NH2+]CC)C=C2)c2ccc(C)cc2)cc1. The number of rotatable bonds is 29. The predicted octanol–water partition coefficient (Wildman–Crippen LogP) is 14.9. The number of hydrogen-bond donors (Lipinski definition) is 2. The number of hydrogen-bond acceptors (Lipinski definition) is 2. The van der Waals surface area contributed by atoms with E-state index in [9.17, 15) is 0 Å². The van der Waals surface area contributed by atoms with Crippen LogP contribution in [0.25, 0.3) is 11.1 Å². The molecule has 0 spiro atoms. The van der Waals surface area contributed by atoms with Gasteiger partial charge in [-0.2, -0.15) is 0 Å². The summed E-state index contributed by atoms with van der Waals surface area (Å²) in [5.74, 6) is 0.965. The predicted molar refractivity (Wildman–Crippen MR) is 300 cm³/mol. The number of likely N-dealkylation sites (N-methyl/N-ethyl adjacent to an activating group) is 2. The van der Waals surface area contributed by atoms with E-state index in [0.717, 1.165) is 45.0 Å². The molecule has 2 aliphatic carbocycles. The highest BCUT2D eigenvalue weighted by Crippen LogP contribution is 2.33. The van der Waals surface area contributed by atoms with E-state index in [-0.39, 0.29) is 0 Å². The zero-order valence-corrected chi connectivity index (χ0v) is 43.9. The molecular weight excluding hydrogens is 839 g/mol. The third kappa shape index (κ3) is 19.3. The highest BCUT2D eigenvalue weighted by atomic mass is 16.5. The maximum atomic E-state index is 6.05. The van der Waals surface area contributed by atoms with E-state index in [1.807, 2.05) is 0 Å². The Morgan fingerprint density at radius 3 is 1.30 bits per heavy atom. The lowest BCUT2D eigenvalue weighted by Crippen LogP contribution is -2.88. The van der Waals surface area contributed by atoms with Crippen molar-refractivity contribution in [1.82, 2.24) is 0 Å². The Bertz CT molecular complexity index is 2160. The molecule has 4 heteroatoms. The molecule has 4 nitrogen and oxygen atoms in total. The van der Waals surface area contributed by atoms with Crippen LogP contribution in [0.3, 0.4) is 0 Å². The quantitative estimate of drug-likeness (QED) is 0.0533. The van der Waals surface area contributed by atoms with Gasteiger partial charge in [-0.25, -0.2) is 0 Å². The van der Waals surface area contributed by atoms with Gasteiger partial charge in [0, 0.05) is 18.8 Å². The summed E-state index contributed by atoms with van der Waals surface area (Å²) in [6.45, 7) is 18.6. The van der Waals surface area contributed by atoms with Crippen LogP contribution in [0.1, 0.15) is 165 Å². The molecule has 4 aromatic rings. The molecule has 0 saturated heterocycles. The van der Waals surface area contributed by atoms with Gasteiger partial charge in [-0.3, -0.25) is 0 Å². The maximum absolute atomic E-state index is 6.05. The van der Waals surface area contributed by atoms with Crippen LogP contribution in [-0.4, -0.2) is 44.9 Å². The first-order valence-electron chi connectivity index (χ1n) is 27.6. The lowest BCUT2D eigenvalue weighted by atomic mass is 9.90. The van der Waals surface area contributed by atoms with Gasteiger partial charge in [0.15, 0.2) is 0 Å². The molecule has 0 bridgehead atoms. The summed E-state index contributed by atoms with van der Waals surface area (Å²) in [4.78, 5) is 2.53. The van der Waals surface area contributed by atoms with Crippen LogP contribution in [0.15, 0.2) is 163 Å². The van der Waals surface area contributed by atoms with Crippen molar-refractivity contribution in [3.8, 4) is 5.75 Å². The highest BCUT2D eigenvalue weighted by molar-refractivity contribution is 5.87. The fourth-order valence-electron chi connectivity index (χ4n) is 9.50. The van der Waals surface area contributed by atoms with Crippen molar-refractivity contribution < 1.29 is 15.4 Å². The largest absolute Gasteiger partial charge is 0.494 e. The fourth-order valence-corrected chi connectivity index (χ4v) is 9.50. The van der Waals surface area contributed by atoms with Crippen LogP contribution >= 0.6 is 0 Å². The molecule has 0 aromatic heterocycles. The average molecular weight is 930 g/mol. The van der Waals surface area contributed by atoms with Gasteiger partial charge >= 0.3 is 0 Å². The van der Waals surface area contributed by atoms with Gasteiger partial charge in [0.2, 0.25) is 0 Å². The molecule has 2 aliphatic rings. The molecule has 6 rings (SSSR count). The van der Waals surface area contributed by atoms with Gasteiger partial charge in [-0.1, -0.05) is 212 Å². The van der Waals surface area contributed by atoms with Crippen LogP contribution in [0.2, 0.25) is 0 Å². The van der Waals surface area contributed by atoms with Crippen molar-refractivity contribution in [2.45, 2.75) is 156 Å². The van der Waals surface area contributed by atoms with E-state index >= 15 is 0 Å². The molecule has 0 unspecified atom stereocenters. The molecule has 4 N–H and O–H groups in total. The van der Waals surface area contributed by atoms with Crippen molar-refractivity contribution in [2.75, 3.05) is 37.7 Å². The molecule has 370 valence electrons. The molecule has 0 saturated carbocycles. The minimum atomic E-state index is 0.431. The Balaban J connectivity index is 0.000000258. The number of nitrogens with two attached hydrogens (primary N) is 2. The van der Waals surface area contributed by atoms with E-state index < -0.39 is 0 Å². The number of ether oxygens (including phenoxy) is 1. The first-order chi connectivity index (χ1) is 34.0. The first kappa shape index (κ1) is 54.8. The number of unbranched alkanes of at least 4 members (excludes halogenated alkanes) is 14. The Labute approximate surface area is 420 Å². The second kappa shape index (κ2) is 32.6. The van der Waals surface area contributed by atoms with E-state index in [2.05, 4.69) is 209 Å². The fraction of sp³-hybridized carbons (Fsp3) is 0.446. The number of anilines is 1. The minimum Gasteiger partial charge on any atom is -0.494 e. The molecule has 0 amide bonds. The molecular formula is C65H91N3O+2. The summed E-state index contributed by atoms with van der Waals surface area (Å²) in [5, 5.41) is 4.69. The molecule has 69 heavy (non-hydrogen) atoms. The van der Waals surface area contributed by atoms with Gasteiger partial charge in [0.05, 0.1) is 19.7 Å². The van der Waals surface area contributed by atoms with E-state index in [0.29, 0.717) is 12.1 Å². The Morgan fingerprint density at radius 1 is 0.449 bits per heavy atom. The van der Waals surface area contributed by atoms with Gasteiger partial charge in [-0.15, -0.1) is 0 Å². The van der Waals surface area contributed by atoms with Crippen LogP contribution in [0.4, 0.5) is 5.69 Å². The summed E-state index contributed by atoms with van der Waals surface area (Å²) >= 11 is 0. The standard InChI is InChI=1S/C33H46N2.C32H43NO/c1-4-7-8-9-10-11-12-16-27-35(6-3)32-25-21-30(22-26-32)33(28-17-14-13-15-18-28)29-19-23-31(24-20-29)34-5-2;1-4-6-7-8-9-10-11-12-25-34-31-23-19-29(20-24-31)32(27-15-13-26(3)14-16-27)28-17-21-30(22-18-28)33-5-2/h13-15,17-26,31,34H,4-12,16,27H2,1-3H3;13-24,30,33H,4-12,25H2,1-3H3/p+2. The van der Waals surface area contributed by atoms with Crippen LogP contribution in [-0.2, 0) is 0 Å². The number of aryl methyl sites for hydroxylation is 1. The second-order valence-electron chi connectivity index (χ2n) is 19.2. The normalized spacial score (nSPS) is 15.0. The Kier molecular flexibility index (Phi) is 25.9. The third-order valence-corrected chi connectivity index (χ3v) is 13.6. The average Bonchev–Trinajstić information content (AvgIpc) is 3.38. The Morgan fingerprint density at radius 2 is 0.855 bits per heavy atom. The Hall–Kier alpha value is -5.16. The molecule has 0 radical (unpaired) electrons. The summed E-state index contributed by atoms with van der Waals surface area (Å²) in [5.41, 5.74) is 12.8. The smallest absolute Gasteiger partial charge is 0.124 e. The van der Waals surface area contributed by atoms with E-state index in [1.165, 1.54) is 152 Å². The van der Waals surface area contributed by atoms with Crippen molar-refractivity contribution in [2.24, 2.45) is 0 Å². The summed E-state index contributed by atoms with van der Waals surface area (Å²) < 4.78 is 6.05. The van der Waals surface area contributed by atoms with Gasteiger partial charge in [-0.05, 0) is 134 Å². The van der Waals surface area contributed by atoms with Gasteiger partial charge in [0.1, 0.15) is 17.8 Å². The van der Waals surface area contributed by atoms with Crippen LogP contribution in [0, 0.1) is 6.92 Å². The van der Waals surface area contributed by atoms with Crippen molar-refractivity contribution in [3.63, 3.8) is 0 Å². The number of quaternary nitrogens is 2. The number of allylic oxidation sites excluding steroid dienone is 6. The lowest BCUT2D eigenvalue weighted by Gasteiger charge is -2.24. The van der Waals surface area contributed by atoms with Gasteiger partial charge in [0.25, 0.3) is 0 Å². The van der Waals surface area contributed by atoms with Crippen LogP contribution in [0.5, 0.6) is 5.75 Å². The van der Waals surface area contributed by atoms with E-state index in [1.54, 1.807) is 0 Å². The topological polar surface area (TPSA) is 45.7 Å². The lowest BCUT2D eigenvalue weighted by molar-refractivity contribution is -0.666. The third-order valence-electron chi connectivity index (χ3n) is 13.6. The second-order valence-corrected chi connectivity index (χ2v) is 19.2. The zero-order valence-electron chi connectivity index (χ0n) is 43.9. The summed E-state index contributed by atoms with van der Waals surface area (Å²) in [6.07, 6.45) is 39.9. The highest BCUT2D eigenvalue weighted by Gasteiger charge is 2.16.